The molecule has 0 aliphatic heterocycles. The predicted molar refractivity (Wildman–Crippen MR) is 97.8 cm³/mol. The van der Waals surface area contributed by atoms with Gasteiger partial charge in [-0.3, -0.25) is 0 Å². The summed E-state index contributed by atoms with van der Waals surface area (Å²) in [6, 6.07) is 9.66. The van der Waals surface area contributed by atoms with Crippen LogP contribution in [-0.4, -0.2) is 31.8 Å². The van der Waals surface area contributed by atoms with Gasteiger partial charge >= 0.3 is 0 Å². The van der Waals surface area contributed by atoms with Crippen LogP contribution in [0.1, 0.15) is 26.6 Å². The van der Waals surface area contributed by atoms with Crippen molar-refractivity contribution >= 4 is 11.8 Å². The first-order chi connectivity index (χ1) is 11.9. The van der Waals surface area contributed by atoms with Crippen LogP contribution in [0.25, 0.3) is 11.4 Å². The fourth-order valence-electron chi connectivity index (χ4n) is 2.32. The van der Waals surface area contributed by atoms with Gasteiger partial charge in [0.1, 0.15) is 16.6 Å². The molecule has 25 heavy (non-hydrogen) atoms. The van der Waals surface area contributed by atoms with Gasteiger partial charge in [-0.1, -0.05) is 32.9 Å². The average molecular weight is 355 g/mol. The van der Waals surface area contributed by atoms with Crippen LogP contribution in [0.2, 0.25) is 0 Å². The highest BCUT2D eigenvalue weighted by Gasteiger charge is 2.19. The average Bonchev–Trinajstić information content (AvgIpc) is 2.95. The molecular weight excluding hydrogens is 334 g/mol. The molecule has 0 aliphatic carbocycles. The zero-order valence-electron chi connectivity index (χ0n) is 15.0. The molecule has 3 rings (SSSR count). The number of hydrogen-bond donors (Lipinski definition) is 0. The van der Waals surface area contributed by atoms with E-state index in [0.29, 0.717) is 0 Å². The maximum atomic E-state index is 5.43. The van der Waals surface area contributed by atoms with E-state index < -0.39 is 0 Å². The van der Waals surface area contributed by atoms with Crippen LogP contribution in [0, 0.1) is 0 Å². The number of aromatic nitrogens is 5. The molecule has 6 nitrogen and oxygen atoms in total. The molecule has 2 heterocycles. The quantitative estimate of drug-likeness (QED) is 0.665. The van der Waals surface area contributed by atoms with E-state index in [0.717, 1.165) is 33.1 Å². The zero-order chi connectivity index (χ0) is 18.0. The highest BCUT2D eigenvalue weighted by molar-refractivity contribution is 7.99. The van der Waals surface area contributed by atoms with Crippen molar-refractivity contribution in [3.63, 3.8) is 0 Å². The van der Waals surface area contributed by atoms with Gasteiger partial charge in [0.15, 0.2) is 11.0 Å². The van der Waals surface area contributed by atoms with E-state index in [2.05, 4.69) is 40.9 Å². The van der Waals surface area contributed by atoms with Crippen LogP contribution in [0.4, 0.5) is 0 Å². The summed E-state index contributed by atoms with van der Waals surface area (Å²) in [4.78, 5) is 9.01. The normalized spacial score (nSPS) is 11.6. The van der Waals surface area contributed by atoms with Gasteiger partial charge in [0, 0.05) is 18.7 Å². The van der Waals surface area contributed by atoms with Gasteiger partial charge in [-0.15, -0.1) is 10.2 Å². The molecule has 0 saturated carbocycles. The Hall–Kier alpha value is -2.41. The molecule has 1 aromatic carbocycles. The van der Waals surface area contributed by atoms with Crippen LogP contribution in [0.15, 0.2) is 46.7 Å². The minimum absolute atomic E-state index is 0.0982. The van der Waals surface area contributed by atoms with Gasteiger partial charge in [-0.2, -0.15) is 0 Å². The molecule has 0 radical (unpaired) electrons. The van der Waals surface area contributed by atoms with Crippen LogP contribution in [0.5, 0.6) is 5.75 Å². The molecule has 7 heteroatoms. The predicted octanol–water partition coefficient (Wildman–Crippen LogP) is 3.73. The first-order valence-corrected chi connectivity index (χ1v) is 8.76. The monoisotopic (exact) mass is 355 g/mol. The van der Waals surface area contributed by atoms with Crippen LogP contribution in [0.3, 0.4) is 0 Å². The van der Waals surface area contributed by atoms with Gasteiger partial charge in [0.25, 0.3) is 0 Å². The van der Waals surface area contributed by atoms with Gasteiger partial charge in [-0.05, 0) is 30.0 Å². The van der Waals surface area contributed by atoms with E-state index in [-0.39, 0.29) is 5.41 Å². The SMILES string of the molecule is COc1ccccc1-c1nnc(Sc2ccnc(C(C)(C)C)n2)n1C. The summed E-state index contributed by atoms with van der Waals surface area (Å²) in [5.74, 6) is 2.33. The van der Waals surface area contributed by atoms with Gasteiger partial charge in [0.2, 0.25) is 0 Å². The fourth-order valence-corrected chi connectivity index (χ4v) is 3.07. The van der Waals surface area contributed by atoms with E-state index in [4.69, 9.17) is 4.74 Å². The second-order valence-electron chi connectivity index (χ2n) is 6.64. The summed E-state index contributed by atoms with van der Waals surface area (Å²) in [5.41, 5.74) is 0.809. The number of nitrogens with zero attached hydrogens (tertiary/aromatic N) is 5. The molecule has 0 atom stereocenters. The molecule has 0 spiro atoms. The maximum absolute atomic E-state index is 5.43. The van der Waals surface area contributed by atoms with Crippen molar-refractivity contribution in [1.82, 2.24) is 24.7 Å². The molecule has 3 aromatic rings. The van der Waals surface area contributed by atoms with E-state index in [9.17, 15) is 0 Å². The number of benzene rings is 1. The number of methoxy groups -OCH3 is 1. The van der Waals surface area contributed by atoms with E-state index in [1.807, 2.05) is 41.9 Å². The number of rotatable bonds is 4. The van der Waals surface area contributed by atoms with Crippen LogP contribution in [-0.2, 0) is 12.5 Å². The van der Waals surface area contributed by atoms with Crippen molar-refractivity contribution in [3.8, 4) is 17.1 Å². The standard InChI is InChI=1S/C18H21N5OS/c1-18(2,3)16-19-11-10-14(20-16)25-17-22-21-15(23(17)4)12-8-6-7-9-13(12)24-5/h6-11H,1-5H3. The number of para-hydroxylation sites is 1. The first-order valence-electron chi connectivity index (χ1n) is 7.94. The van der Waals surface area contributed by atoms with Crippen LogP contribution < -0.4 is 4.74 Å². The number of hydrogen-bond acceptors (Lipinski definition) is 6. The summed E-state index contributed by atoms with van der Waals surface area (Å²) >= 11 is 1.47. The topological polar surface area (TPSA) is 65.7 Å². The Morgan fingerprint density at radius 2 is 1.84 bits per heavy atom. The molecule has 0 saturated heterocycles. The maximum Gasteiger partial charge on any atom is 0.197 e. The molecule has 0 N–H and O–H groups in total. The lowest BCUT2D eigenvalue weighted by atomic mass is 9.96. The lowest BCUT2D eigenvalue weighted by molar-refractivity contribution is 0.416. The summed E-state index contributed by atoms with van der Waals surface area (Å²) in [7, 11) is 3.59. The molecule has 0 fully saturated rings. The smallest absolute Gasteiger partial charge is 0.197 e. The summed E-state index contributed by atoms with van der Waals surface area (Å²) < 4.78 is 7.37. The summed E-state index contributed by atoms with van der Waals surface area (Å²) in [6.07, 6.45) is 1.79. The number of ether oxygens (including phenoxy) is 1. The second kappa shape index (κ2) is 6.84. The minimum Gasteiger partial charge on any atom is -0.496 e. The second-order valence-corrected chi connectivity index (χ2v) is 7.62. The Kier molecular flexibility index (Phi) is 4.76. The van der Waals surface area contributed by atoms with Crippen molar-refractivity contribution in [2.24, 2.45) is 7.05 Å². The fraction of sp³-hybridized carbons (Fsp3) is 0.333. The highest BCUT2D eigenvalue weighted by atomic mass is 32.2. The van der Waals surface area contributed by atoms with Crippen molar-refractivity contribution < 1.29 is 4.74 Å². The highest BCUT2D eigenvalue weighted by Crippen LogP contribution is 2.32. The Morgan fingerprint density at radius 3 is 2.56 bits per heavy atom. The van der Waals surface area contributed by atoms with Crippen molar-refractivity contribution in [1.29, 1.82) is 0 Å². The molecule has 0 amide bonds. The zero-order valence-corrected chi connectivity index (χ0v) is 15.8. The largest absolute Gasteiger partial charge is 0.496 e. The third kappa shape index (κ3) is 3.66. The summed E-state index contributed by atoms with van der Waals surface area (Å²) in [6.45, 7) is 6.29. The van der Waals surface area contributed by atoms with Gasteiger partial charge in [-0.25, -0.2) is 9.97 Å². The van der Waals surface area contributed by atoms with Crippen molar-refractivity contribution in [2.75, 3.05) is 7.11 Å². The molecule has 0 bridgehead atoms. The minimum atomic E-state index is -0.0982. The Bertz CT molecular complexity index is 885. The van der Waals surface area contributed by atoms with Crippen LogP contribution >= 0.6 is 11.8 Å². The molecule has 130 valence electrons. The first kappa shape index (κ1) is 17.4. The van der Waals surface area contributed by atoms with E-state index >= 15 is 0 Å². The molecule has 0 aliphatic rings. The lowest BCUT2D eigenvalue weighted by Crippen LogP contribution is -2.15. The Morgan fingerprint density at radius 1 is 1.08 bits per heavy atom. The van der Waals surface area contributed by atoms with E-state index in [1.54, 1.807) is 13.3 Å². The van der Waals surface area contributed by atoms with E-state index in [1.165, 1.54) is 11.8 Å². The van der Waals surface area contributed by atoms with Crippen molar-refractivity contribution in [3.05, 3.63) is 42.4 Å². The molecular formula is C18H21N5OS. The lowest BCUT2D eigenvalue weighted by Gasteiger charge is -2.16. The molecule has 2 aromatic heterocycles. The third-order valence-corrected chi connectivity index (χ3v) is 4.65. The third-order valence-electron chi connectivity index (χ3n) is 3.68. The van der Waals surface area contributed by atoms with Gasteiger partial charge in [0.05, 0.1) is 12.7 Å². The molecule has 0 unspecified atom stereocenters. The van der Waals surface area contributed by atoms with Gasteiger partial charge < -0.3 is 9.30 Å². The summed E-state index contributed by atoms with van der Waals surface area (Å²) in [5, 5.41) is 10.3. The van der Waals surface area contributed by atoms with Crippen molar-refractivity contribution in [2.45, 2.75) is 36.4 Å². The Labute approximate surface area is 151 Å². The Balaban J connectivity index is 1.92.